The fourth-order valence-electron chi connectivity index (χ4n) is 22.5. The van der Waals surface area contributed by atoms with Crippen molar-refractivity contribution in [3.05, 3.63) is 207 Å². The predicted octanol–water partition coefficient (Wildman–Crippen LogP) is 31.0. The second-order valence-corrected chi connectivity index (χ2v) is 68.9. The van der Waals surface area contributed by atoms with Gasteiger partial charge in [0.15, 0.2) is 59.0 Å². The van der Waals surface area contributed by atoms with Gasteiger partial charge in [0.25, 0.3) is 0 Å². The van der Waals surface area contributed by atoms with Gasteiger partial charge in [-0.05, 0) is 445 Å². The number of hydrogen-bond acceptors (Lipinski definition) is 14. The van der Waals surface area contributed by atoms with Crippen molar-refractivity contribution >= 4 is 64.7 Å². The molecule has 1 aliphatic heterocycles. The molecule has 6 saturated carbocycles. The highest BCUT2D eigenvalue weighted by atomic mass is 32.2. The summed E-state index contributed by atoms with van der Waals surface area (Å²) in [5, 5.41) is -0.243. The van der Waals surface area contributed by atoms with Gasteiger partial charge >= 0.3 is 0 Å². The van der Waals surface area contributed by atoms with E-state index in [-0.39, 0.29) is 17.5 Å². The smallest absolute Gasteiger partial charge is 0.155 e. The van der Waals surface area contributed by atoms with Gasteiger partial charge in [-0.15, -0.1) is 0 Å². The first-order valence-corrected chi connectivity index (χ1v) is 68.3. The van der Waals surface area contributed by atoms with Gasteiger partial charge in [-0.2, -0.15) is 0 Å². The van der Waals surface area contributed by atoms with Gasteiger partial charge in [0.1, 0.15) is 0 Å². The van der Waals surface area contributed by atoms with E-state index < -0.39 is 82.8 Å². The largest absolute Gasteiger partial charge is 0.372 e. The molecule has 6 aliphatic carbocycles. The van der Waals surface area contributed by atoms with Gasteiger partial charge in [-0.1, -0.05) is 256 Å². The number of hydrogen-bond donors (Lipinski definition) is 0. The third-order valence-electron chi connectivity index (χ3n) is 34.3. The van der Waals surface area contributed by atoms with E-state index in [9.17, 15) is 50.5 Å². The molecule has 1 saturated heterocycles. The minimum absolute atomic E-state index is 0.243. The molecule has 0 N–H and O–H groups in total. The Hall–Kier alpha value is -5.22. The van der Waals surface area contributed by atoms with Crippen LogP contribution in [0.25, 0.3) is 0 Å². The number of sulfone groups is 6. The molecular formula is C128H207NO13S6. The van der Waals surface area contributed by atoms with Crippen LogP contribution in [0.2, 0.25) is 0 Å². The van der Waals surface area contributed by atoms with Crippen molar-refractivity contribution in [1.82, 2.24) is 0 Å². The van der Waals surface area contributed by atoms with Crippen LogP contribution in [0.3, 0.4) is 0 Å². The maximum absolute atomic E-state index is 12.4. The molecule has 0 aromatic heterocycles. The number of aryl methyl sites for hydroxylation is 9. The molecule has 13 rings (SSSR count). The zero-order valence-corrected chi connectivity index (χ0v) is 102. The lowest BCUT2D eigenvalue weighted by Gasteiger charge is -2.37. The fraction of sp³-hybridized carbons (Fsp3) is 0.719. The monoisotopic (exact) mass is 2160 g/mol. The van der Waals surface area contributed by atoms with E-state index in [0.717, 1.165) is 171 Å². The fourth-order valence-corrected chi connectivity index (χ4v) is 31.1. The first-order valence-electron chi connectivity index (χ1n) is 58.3. The van der Waals surface area contributed by atoms with Crippen molar-refractivity contribution < 1.29 is 55.2 Å². The standard InChI is InChI=1S/C24H39NO3S.2C22H36O2S.C21H34O2S.C20H32O2S.C19H30O2S/c1-18(2)29(26,27)17-23-9-7-21(8-10-23)5-6-22-11-13-24(14-12-22)25-15-19(3)28-20(4)16-25;1-17(2)21-14-12-19(13-15-21)7-6-18-8-10-20(11-9-18)16-25(23,24)22(3,4)5;1-5-6-18-7-9-19(10-8-18)11-12-20-13-15-21(16-14-20)17-25(23,24)22(2,3)4;1-5-17-6-8-18(9-7-17)10-11-19-12-14-20(15-13-19)16-24(22,23)21(2,3)4;1-16-5-7-17(8-6-16)9-10-18-11-13-19(14-12-18)15-23(21,22)20(2,3)4;1-19(2,3)22(20,21)15-18-13-11-17(12-14-18)10-9-16-7-5-4-6-8-16/h11-14,18-21,23H,5-10,15-17H2,1-4H3;12-15,17-18,20H,6-11,16H2,1-5H3;7-10,20-21H,5-6,11-17H2,1-4H3;6-9,19-20H,5,10-16H2,1-4H3;5-8,18-19H,9-15H2,1-4H3;4-8,17-18H,9-15H2,1-3H3/t19-,20+,21?,23?;;;;;. The second kappa shape index (κ2) is 59.2. The lowest BCUT2D eigenvalue weighted by molar-refractivity contribution is -0.00522. The van der Waals surface area contributed by atoms with Crippen molar-refractivity contribution in [2.45, 2.75) is 464 Å². The Labute approximate surface area is 907 Å². The lowest BCUT2D eigenvalue weighted by Crippen LogP contribution is -2.45. The quantitative estimate of drug-likeness (QED) is 0.0357. The van der Waals surface area contributed by atoms with Gasteiger partial charge < -0.3 is 9.64 Å². The Morgan fingerprint density at radius 1 is 0.270 bits per heavy atom. The molecule has 7 aliphatic rings. The van der Waals surface area contributed by atoms with Crippen molar-refractivity contribution in [3.8, 4) is 0 Å². The summed E-state index contributed by atoms with van der Waals surface area (Å²) in [5.41, 5.74) is 15.4. The van der Waals surface area contributed by atoms with Crippen LogP contribution in [0.4, 0.5) is 5.69 Å². The molecule has 0 unspecified atom stereocenters. The predicted molar refractivity (Wildman–Crippen MR) is 632 cm³/mol. The molecule has 0 radical (unpaired) electrons. The van der Waals surface area contributed by atoms with Gasteiger partial charge in [-0.3, -0.25) is 0 Å². The number of nitrogens with zero attached hydrogens (tertiary/aromatic N) is 1. The highest BCUT2D eigenvalue weighted by Gasteiger charge is 2.40. The first-order chi connectivity index (χ1) is 69.2. The SMILES string of the molecule is CC(C)(C)S(=O)(=O)CC1CCC(CCc2ccccc2)CC1.CC(C)S(=O)(=O)CC1CCC(CCc2ccc(N3C[C@@H](C)O[C@@H](C)C3)cc2)CC1.CC(C)c1ccc(CCC2CCC(CS(=O)(=O)C(C)(C)C)CC2)cc1.CCCc1ccc(CCC2CCC(CS(=O)(=O)C(C)(C)C)CC2)cc1.CCc1ccc(CCC2CCC(CS(=O)(=O)C(C)(C)C)CC2)cc1.Cc1ccc(CCC2CCC(CS(=O)(=O)C(C)(C)C)CC2)cc1. The Morgan fingerprint density at radius 3 is 0.709 bits per heavy atom. The molecule has 0 spiro atoms. The molecule has 1 heterocycles. The molecule has 0 bridgehead atoms. The minimum Gasteiger partial charge on any atom is -0.372 e. The zero-order valence-electron chi connectivity index (χ0n) is 97.1. The molecule has 6 aromatic rings. The average molecular weight is 2160 g/mol. The molecule has 6 aromatic carbocycles. The van der Waals surface area contributed by atoms with Crippen molar-refractivity contribution in [3.63, 3.8) is 0 Å². The summed E-state index contributed by atoms with van der Waals surface area (Å²) >= 11 is 0. The second-order valence-electron chi connectivity index (χ2n) is 52.3. The van der Waals surface area contributed by atoms with Gasteiger partial charge in [0.05, 0.1) is 75.7 Å². The molecular weight excluding hydrogens is 1950 g/mol. The Morgan fingerprint density at radius 2 is 0.480 bits per heavy atom. The summed E-state index contributed by atoms with van der Waals surface area (Å²) in [6, 6.07) is 55.7. The molecule has 148 heavy (non-hydrogen) atoms. The maximum Gasteiger partial charge on any atom is 0.155 e. The number of benzene rings is 6. The summed E-state index contributed by atoms with van der Waals surface area (Å²) in [6.07, 6.45) is 45.5. The molecule has 2 atom stereocenters. The van der Waals surface area contributed by atoms with Crippen LogP contribution in [0.1, 0.15) is 420 Å². The van der Waals surface area contributed by atoms with E-state index in [4.69, 9.17) is 4.74 Å². The van der Waals surface area contributed by atoms with E-state index >= 15 is 0 Å². The summed E-state index contributed by atoms with van der Waals surface area (Å²) in [4.78, 5) is 2.43. The van der Waals surface area contributed by atoms with E-state index in [1.165, 1.54) is 190 Å². The lowest BCUT2D eigenvalue weighted by atomic mass is 9.80. The van der Waals surface area contributed by atoms with Crippen LogP contribution in [0.5, 0.6) is 0 Å². The summed E-state index contributed by atoms with van der Waals surface area (Å²) < 4.78 is 151. The number of rotatable bonds is 36. The number of anilines is 1. The third kappa shape index (κ3) is 44.4. The van der Waals surface area contributed by atoms with E-state index in [0.29, 0.717) is 75.9 Å². The molecule has 14 nitrogen and oxygen atoms in total. The molecule has 0 amide bonds. The van der Waals surface area contributed by atoms with Gasteiger partial charge in [0, 0.05) is 18.8 Å². The van der Waals surface area contributed by atoms with Crippen molar-refractivity contribution in [1.29, 1.82) is 0 Å². The van der Waals surface area contributed by atoms with Crippen LogP contribution < -0.4 is 4.90 Å². The Balaban J connectivity index is 0.000000217. The minimum atomic E-state index is -2.98. The summed E-state index contributed by atoms with van der Waals surface area (Å²) in [5.74, 6) is 9.66. The normalized spacial score (nSPS) is 23.8. The Bertz CT molecular complexity index is 5490. The van der Waals surface area contributed by atoms with Crippen molar-refractivity contribution in [2.75, 3.05) is 52.5 Å². The van der Waals surface area contributed by atoms with Crippen LogP contribution in [-0.4, -0.2) is 139 Å². The molecule has 838 valence electrons. The highest BCUT2D eigenvalue weighted by Crippen LogP contribution is 2.42. The van der Waals surface area contributed by atoms with Crippen LogP contribution in [0.15, 0.2) is 152 Å². The van der Waals surface area contributed by atoms with Gasteiger partial charge in [-0.25, -0.2) is 50.5 Å². The first kappa shape index (κ1) is 128. The third-order valence-corrected chi connectivity index (χ3v) is 50.5. The van der Waals surface area contributed by atoms with Crippen molar-refractivity contribution in [2.24, 2.45) is 71.0 Å². The maximum atomic E-state index is 12.4. The number of morpholine rings is 1. The number of ether oxygens (including phenoxy) is 1. The zero-order chi connectivity index (χ0) is 109. The summed E-state index contributed by atoms with van der Waals surface area (Å²) in [7, 11) is -17.8. The topological polar surface area (TPSA) is 217 Å². The summed E-state index contributed by atoms with van der Waals surface area (Å²) in [6.45, 7) is 48.0. The molecule has 20 heteroatoms. The van der Waals surface area contributed by atoms with Crippen LogP contribution >= 0.6 is 0 Å². The molecule has 7 fully saturated rings. The average Bonchev–Trinajstić information content (AvgIpc) is 0.836. The van der Waals surface area contributed by atoms with E-state index in [1.807, 2.05) is 104 Å². The van der Waals surface area contributed by atoms with E-state index in [1.54, 1.807) is 13.8 Å². The van der Waals surface area contributed by atoms with Crippen LogP contribution in [-0.2, 0) is 115 Å². The van der Waals surface area contributed by atoms with Crippen LogP contribution in [0, 0.1) is 77.9 Å². The Kier molecular flexibility index (Phi) is 51.2. The highest BCUT2D eigenvalue weighted by molar-refractivity contribution is 7.94. The van der Waals surface area contributed by atoms with Gasteiger partial charge in [0.2, 0.25) is 0 Å². The van der Waals surface area contributed by atoms with E-state index in [2.05, 4.69) is 205 Å².